The average molecular weight is 319 g/mol. The van der Waals surface area contributed by atoms with Crippen molar-refractivity contribution >= 4 is 27.8 Å². The SMILES string of the molecule is O=C(O)CCn1cc(S(=O)(=O)NC2CCCSC2)cn1. The van der Waals surface area contributed by atoms with Crippen molar-refractivity contribution in [3.8, 4) is 0 Å². The van der Waals surface area contributed by atoms with Crippen LogP contribution in [0.2, 0.25) is 0 Å². The highest BCUT2D eigenvalue weighted by molar-refractivity contribution is 7.99. The first-order valence-electron chi connectivity index (χ1n) is 6.32. The van der Waals surface area contributed by atoms with Crippen LogP contribution in [0.3, 0.4) is 0 Å². The van der Waals surface area contributed by atoms with Crippen LogP contribution in [0.1, 0.15) is 19.3 Å². The van der Waals surface area contributed by atoms with Crippen LogP contribution in [0.15, 0.2) is 17.3 Å². The summed E-state index contributed by atoms with van der Waals surface area (Å²) in [6.07, 6.45) is 4.38. The number of sulfonamides is 1. The van der Waals surface area contributed by atoms with Crippen LogP contribution in [-0.2, 0) is 21.4 Å². The van der Waals surface area contributed by atoms with Crippen LogP contribution in [0.5, 0.6) is 0 Å². The molecule has 1 aliphatic heterocycles. The van der Waals surface area contributed by atoms with E-state index in [1.54, 1.807) is 11.8 Å². The molecule has 1 unspecified atom stereocenters. The Morgan fingerprint density at radius 3 is 3.05 bits per heavy atom. The van der Waals surface area contributed by atoms with Gasteiger partial charge >= 0.3 is 5.97 Å². The number of aryl methyl sites for hydroxylation is 1. The molecule has 2 rings (SSSR count). The summed E-state index contributed by atoms with van der Waals surface area (Å²) in [5, 5.41) is 12.5. The van der Waals surface area contributed by atoms with Crippen molar-refractivity contribution in [2.45, 2.75) is 36.7 Å². The van der Waals surface area contributed by atoms with E-state index >= 15 is 0 Å². The fourth-order valence-corrected chi connectivity index (χ4v) is 4.34. The lowest BCUT2D eigenvalue weighted by Crippen LogP contribution is -2.38. The second kappa shape index (κ2) is 6.59. The summed E-state index contributed by atoms with van der Waals surface area (Å²) in [5.41, 5.74) is 0. The molecule has 9 heteroatoms. The Labute approximate surface area is 121 Å². The number of aliphatic carboxylic acids is 1. The molecule has 0 amide bonds. The van der Waals surface area contributed by atoms with Gasteiger partial charge in [0, 0.05) is 18.0 Å². The molecule has 20 heavy (non-hydrogen) atoms. The van der Waals surface area contributed by atoms with E-state index < -0.39 is 16.0 Å². The predicted molar refractivity (Wildman–Crippen MR) is 75.1 cm³/mol. The van der Waals surface area contributed by atoms with Gasteiger partial charge in [-0.25, -0.2) is 13.1 Å². The van der Waals surface area contributed by atoms with Crippen LogP contribution < -0.4 is 4.72 Å². The van der Waals surface area contributed by atoms with E-state index in [0.717, 1.165) is 24.3 Å². The Bertz CT molecular complexity index is 564. The Morgan fingerprint density at radius 1 is 1.60 bits per heavy atom. The van der Waals surface area contributed by atoms with Gasteiger partial charge < -0.3 is 5.11 Å². The summed E-state index contributed by atoms with van der Waals surface area (Å²) in [5.74, 6) is 0.917. The van der Waals surface area contributed by atoms with Crippen molar-refractivity contribution in [2.24, 2.45) is 0 Å². The van der Waals surface area contributed by atoms with E-state index in [9.17, 15) is 13.2 Å². The Morgan fingerprint density at radius 2 is 2.40 bits per heavy atom. The van der Waals surface area contributed by atoms with Gasteiger partial charge in [0.2, 0.25) is 10.0 Å². The van der Waals surface area contributed by atoms with Crippen LogP contribution >= 0.6 is 11.8 Å². The monoisotopic (exact) mass is 319 g/mol. The Balaban J connectivity index is 1.99. The van der Waals surface area contributed by atoms with Crippen LogP contribution in [-0.4, -0.2) is 46.8 Å². The second-order valence-corrected chi connectivity index (χ2v) is 7.48. The minimum atomic E-state index is -3.57. The summed E-state index contributed by atoms with van der Waals surface area (Å²) in [7, 11) is -3.57. The van der Waals surface area contributed by atoms with E-state index in [1.807, 2.05) is 0 Å². The number of carbonyl (C=O) groups is 1. The molecule has 0 aliphatic carbocycles. The quantitative estimate of drug-likeness (QED) is 0.793. The van der Waals surface area contributed by atoms with Gasteiger partial charge in [-0.3, -0.25) is 9.48 Å². The van der Waals surface area contributed by atoms with Gasteiger partial charge in [-0.05, 0) is 18.6 Å². The smallest absolute Gasteiger partial charge is 0.305 e. The number of aromatic nitrogens is 2. The number of hydrogen-bond donors (Lipinski definition) is 2. The number of hydrogen-bond acceptors (Lipinski definition) is 5. The normalized spacial score (nSPS) is 19.9. The minimum absolute atomic E-state index is 0.0406. The first-order chi connectivity index (χ1) is 9.47. The molecule has 1 saturated heterocycles. The lowest BCUT2D eigenvalue weighted by Gasteiger charge is -2.21. The van der Waals surface area contributed by atoms with E-state index in [2.05, 4.69) is 9.82 Å². The third kappa shape index (κ3) is 4.22. The van der Waals surface area contributed by atoms with Gasteiger partial charge in [-0.1, -0.05) is 0 Å². The zero-order valence-electron chi connectivity index (χ0n) is 10.9. The van der Waals surface area contributed by atoms with Crippen LogP contribution in [0.4, 0.5) is 0 Å². The molecule has 0 spiro atoms. The van der Waals surface area contributed by atoms with Gasteiger partial charge in [0.15, 0.2) is 0 Å². The fraction of sp³-hybridized carbons (Fsp3) is 0.636. The molecule has 1 atom stereocenters. The highest BCUT2D eigenvalue weighted by Crippen LogP contribution is 2.19. The highest BCUT2D eigenvalue weighted by atomic mass is 32.2. The average Bonchev–Trinajstić information content (AvgIpc) is 2.86. The zero-order chi connectivity index (χ0) is 14.6. The topological polar surface area (TPSA) is 101 Å². The van der Waals surface area contributed by atoms with Crippen LogP contribution in [0, 0.1) is 0 Å². The van der Waals surface area contributed by atoms with Gasteiger partial charge in [0.1, 0.15) is 4.90 Å². The van der Waals surface area contributed by atoms with Crippen molar-refractivity contribution in [3.05, 3.63) is 12.4 Å². The zero-order valence-corrected chi connectivity index (χ0v) is 12.5. The van der Waals surface area contributed by atoms with Crippen molar-refractivity contribution in [2.75, 3.05) is 11.5 Å². The summed E-state index contributed by atoms with van der Waals surface area (Å²) < 4.78 is 28.3. The first kappa shape index (κ1) is 15.3. The lowest BCUT2D eigenvalue weighted by atomic mass is 10.2. The first-order valence-corrected chi connectivity index (χ1v) is 8.95. The molecule has 1 aromatic heterocycles. The van der Waals surface area contributed by atoms with Crippen molar-refractivity contribution in [1.82, 2.24) is 14.5 Å². The summed E-state index contributed by atoms with van der Waals surface area (Å²) in [4.78, 5) is 10.5. The Kier molecular flexibility index (Phi) is 5.06. The number of carboxylic acid groups (broad SMARTS) is 1. The largest absolute Gasteiger partial charge is 0.481 e. The number of carboxylic acids is 1. The van der Waals surface area contributed by atoms with Crippen molar-refractivity contribution in [1.29, 1.82) is 0 Å². The number of rotatable bonds is 6. The molecule has 0 bridgehead atoms. The third-order valence-electron chi connectivity index (χ3n) is 2.96. The predicted octanol–water partition coefficient (Wildman–Crippen LogP) is 0.532. The molecule has 1 fully saturated rings. The third-order valence-corrected chi connectivity index (χ3v) is 5.65. The molecule has 1 aliphatic rings. The molecule has 0 radical (unpaired) electrons. The van der Waals surface area contributed by atoms with Gasteiger partial charge in [0.25, 0.3) is 0 Å². The molecule has 112 valence electrons. The van der Waals surface area contributed by atoms with E-state index in [1.165, 1.54) is 17.1 Å². The molecular formula is C11H17N3O4S2. The molecule has 2 heterocycles. The molecule has 2 N–H and O–H groups in total. The van der Waals surface area contributed by atoms with Gasteiger partial charge in [-0.2, -0.15) is 16.9 Å². The highest BCUT2D eigenvalue weighted by Gasteiger charge is 2.23. The molecular weight excluding hydrogens is 302 g/mol. The standard InChI is InChI=1S/C11H17N3O4S2/c15-11(16)3-4-14-7-10(6-12-14)20(17,18)13-9-2-1-5-19-8-9/h6-7,9,13H,1-5,8H2,(H,15,16). The summed E-state index contributed by atoms with van der Waals surface area (Å²) in [6.45, 7) is 0.157. The van der Waals surface area contributed by atoms with Gasteiger partial charge in [-0.15, -0.1) is 0 Å². The maximum Gasteiger partial charge on any atom is 0.305 e. The number of nitrogens with zero attached hydrogens (tertiary/aromatic N) is 2. The molecule has 1 aromatic rings. The van der Waals surface area contributed by atoms with E-state index in [-0.39, 0.29) is 23.9 Å². The lowest BCUT2D eigenvalue weighted by molar-refractivity contribution is -0.137. The number of thioether (sulfide) groups is 1. The van der Waals surface area contributed by atoms with E-state index in [0.29, 0.717) is 0 Å². The molecule has 0 aromatic carbocycles. The summed E-state index contributed by atoms with van der Waals surface area (Å²) >= 11 is 1.74. The minimum Gasteiger partial charge on any atom is -0.481 e. The van der Waals surface area contributed by atoms with Crippen molar-refractivity contribution in [3.63, 3.8) is 0 Å². The maximum atomic E-state index is 12.2. The van der Waals surface area contributed by atoms with Gasteiger partial charge in [0.05, 0.1) is 19.2 Å². The van der Waals surface area contributed by atoms with Crippen molar-refractivity contribution < 1.29 is 18.3 Å². The number of nitrogens with one attached hydrogen (secondary N) is 1. The summed E-state index contributed by atoms with van der Waals surface area (Å²) in [6, 6.07) is -0.0406. The molecule has 0 saturated carbocycles. The van der Waals surface area contributed by atoms with Crippen LogP contribution in [0.25, 0.3) is 0 Å². The Hall–Kier alpha value is -1.06. The second-order valence-electron chi connectivity index (χ2n) is 4.62. The molecule has 7 nitrogen and oxygen atoms in total. The maximum absolute atomic E-state index is 12.2. The van der Waals surface area contributed by atoms with E-state index in [4.69, 9.17) is 5.11 Å². The fourth-order valence-electron chi connectivity index (χ4n) is 1.94.